The molecule has 0 spiro atoms. The first-order chi connectivity index (χ1) is 9.59. The number of fused-ring (bicyclic) bond motifs is 1. The van der Waals surface area contributed by atoms with Crippen LogP contribution in [0, 0.1) is 10.5 Å². The molecule has 0 amide bonds. The van der Waals surface area contributed by atoms with E-state index in [9.17, 15) is 4.79 Å². The number of carbonyl (C=O) groups is 1. The van der Waals surface area contributed by atoms with Gasteiger partial charge in [0, 0.05) is 31.8 Å². The Kier molecular flexibility index (Phi) is 3.56. The molecule has 0 atom stereocenters. The number of carbonyl (C=O) groups excluding carboxylic acids is 1. The standard InChI is InChI=1S/C16H11ClINO/c1-9-4-2-5-10(15(9)18)16(20)11-8-19-13-7-3-6-12(17)14(11)13/h2-8,19H,1H3. The maximum absolute atomic E-state index is 12.8. The van der Waals surface area contributed by atoms with Gasteiger partial charge in [-0.15, -0.1) is 0 Å². The van der Waals surface area contributed by atoms with Gasteiger partial charge in [0.2, 0.25) is 0 Å². The van der Waals surface area contributed by atoms with Crippen LogP contribution in [0.25, 0.3) is 10.9 Å². The summed E-state index contributed by atoms with van der Waals surface area (Å²) in [6, 6.07) is 11.3. The first-order valence-corrected chi connectivity index (χ1v) is 7.60. The summed E-state index contributed by atoms with van der Waals surface area (Å²) in [5, 5.41) is 1.38. The number of hydrogen-bond donors (Lipinski definition) is 1. The summed E-state index contributed by atoms with van der Waals surface area (Å²) in [6.07, 6.45) is 1.73. The van der Waals surface area contributed by atoms with Crippen LogP contribution in [-0.2, 0) is 0 Å². The molecule has 0 saturated heterocycles. The molecule has 2 nitrogen and oxygen atoms in total. The van der Waals surface area contributed by atoms with Gasteiger partial charge < -0.3 is 4.98 Å². The molecule has 0 unspecified atom stereocenters. The normalized spacial score (nSPS) is 10.9. The molecule has 1 aromatic heterocycles. The molecular formula is C16H11ClINO. The number of benzene rings is 2. The summed E-state index contributed by atoms with van der Waals surface area (Å²) in [7, 11) is 0. The Morgan fingerprint density at radius 2 is 1.90 bits per heavy atom. The fourth-order valence-corrected chi connectivity index (χ4v) is 3.17. The molecule has 2 aromatic carbocycles. The Morgan fingerprint density at radius 1 is 1.15 bits per heavy atom. The number of halogens is 2. The number of aromatic nitrogens is 1. The van der Waals surface area contributed by atoms with Crippen LogP contribution in [0.15, 0.2) is 42.6 Å². The summed E-state index contributed by atoms with van der Waals surface area (Å²) in [6.45, 7) is 2.00. The van der Waals surface area contributed by atoms with Gasteiger partial charge in [-0.05, 0) is 53.3 Å². The van der Waals surface area contributed by atoms with Crippen molar-refractivity contribution in [3.05, 3.63) is 67.9 Å². The molecule has 4 heteroatoms. The molecule has 0 fully saturated rings. The van der Waals surface area contributed by atoms with Gasteiger partial charge in [0.1, 0.15) is 0 Å². The molecule has 3 aromatic rings. The number of nitrogens with one attached hydrogen (secondary N) is 1. The second-order valence-corrected chi connectivity index (χ2v) is 6.12. The second kappa shape index (κ2) is 5.22. The molecule has 0 aliphatic carbocycles. The van der Waals surface area contributed by atoms with Crippen LogP contribution in [0.5, 0.6) is 0 Å². The van der Waals surface area contributed by atoms with E-state index in [1.165, 1.54) is 0 Å². The van der Waals surface area contributed by atoms with Crippen LogP contribution in [0.3, 0.4) is 0 Å². The van der Waals surface area contributed by atoms with Crippen molar-refractivity contribution in [3.8, 4) is 0 Å². The maximum atomic E-state index is 12.8. The van der Waals surface area contributed by atoms with Crippen LogP contribution in [-0.4, -0.2) is 10.8 Å². The van der Waals surface area contributed by atoms with E-state index in [2.05, 4.69) is 27.6 Å². The predicted molar refractivity (Wildman–Crippen MR) is 90.6 cm³/mol. The Labute approximate surface area is 135 Å². The van der Waals surface area contributed by atoms with Crippen LogP contribution in [0.4, 0.5) is 0 Å². The largest absolute Gasteiger partial charge is 0.360 e. The Morgan fingerprint density at radius 3 is 2.70 bits per heavy atom. The molecule has 0 radical (unpaired) electrons. The average molecular weight is 396 g/mol. The molecule has 100 valence electrons. The quantitative estimate of drug-likeness (QED) is 0.482. The second-order valence-electron chi connectivity index (χ2n) is 4.63. The summed E-state index contributed by atoms with van der Waals surface area (Å²) in [5.41, 5.74) is 3.31. The monoisotopic (exact) mass is 395 g/mol. The van der Waals surface area contributed by atoms with E-state index in [-0.39, 0.29) is 5.78 Å². The predicted octanol–water partition coefficient (Wildman–Crippen LogP) is 4.97. The molecule has 0 aliphatic heterocycles. The Balaban J connectivity index is 2.21. The molecule has 0 bridgehead atoms. The first-order valence-electron chi connectivity index (χ1n) is 6.15. The van der Waals surface area contributed by atoms with E-state index in [0.29, 0.717) is 16.1 Å². The van der Waals surface area contributed by atoms with Gasteiger partial charge in [-0.3, -0.25) is 4.79 Å². The van der Waals surface area contributed by atoms with Crippen molar-refractivity contribution >= 4 is 50.9 Å². The molecule has 1 N–H and O–H groups in total. The van der Waals surface area contributed by atoms with Crippen LogP contribution in [0.1, 0.15) is 21.5 Å². The van der Waals surface area contributed by atoms with Crippen molar-refractivity contribution in [2.75, 3.05) is 0 Å². The first kappa shape index (κ1) is 13.6. The highest BCUT2D eigenvalue weighted by Crippen LogP contribution is 2.29. The molecule has 3 rings (SSSR count). The summed E-state index contributed by atoms with van der Waals surface area (Å²) < 4.78 is 0.983. The molecule has 0 saturated carbocycles. The van der Waals surface area contributed by atoms with Gasteiger partial charge in [0.25, 0.3) is 0 Å². The number of aromatic amines is 1. The Bertz CT molecular complexity index is 822. The topological polar surface area (TPSA) is 32.9 Å². The van der Waals surface area contributed by atoms with E-state index >= 15 is 0 Å². The zero-order valence-electron chi connectivity index (χ0n) is 10.7. The van der Waals surface area contributed by atoms with Crippen molar-refractivity contribution in [2.45, 2.75) is 6.92 Å². The number of hydrogen-bond acceptors (Lipinski definition) is 1. The number of rotatable bonds is 2. The summed E-state index contributed by atoms with van der Waals surface area (Å²) in [4.78, 5) is 15.9. The minimum absolute atomic E-state index is 0.00236. The van der Waals surface area contributed by atoms with Gasteiger partial charge in [-0.1, -0.05) is 29.8 Å². The van der Waals surface area contributed by atoms with E-state index < -0.39 is 0 Å². The number of H-pyrrole nitrogens is 1. The third-order valence-corrected chi connectivity index (χ3v) is 5.08. The highest BCUT2D eigenvalue weighted by atomic mass is 127. The maximum Gasteiger partial charge on any atom is 0.196 e. The van der Waals surface area contributed by atoms with Gasteiger partial charge in [-0.2, -0.15) is 0 Å². The molecule has 0 aliphatic rings. The lowest BCUT2D eigenvalue weighted by Crippen LogP contribution is -2.04. The average Bonchev–Trinajstić information content (AvgIpc) is 2.86. The third kappa shape index (κ3) is 2.15. The minimum Gasteiger partial charge on any atom is -0.360 e. The van der Waals surface area contributed by atoms with Crippen molar-refractivity contribution in [3.63, 3.8) is 0 Å². The Hall–Kier alpha value is -1.33. The lowest BCUT2D eigenvalue weighted by atomic mass is 10.0. The number of ketones is 1. The highest BCUT2D eigenvalue weighted by Gasteiger charge is 2.18. The lowest BCUT2D eigenvalue weighted by molar-refractivity contribution is 0.103. The lowest BCUT2D eigenvalue weighted by Gasteiger charge is -2.06. The van der Waals surface area contributed by atoms with Gasteiger partial charge in [0.15, 0.2) is 5.78 Å². The smallest absolute Gasteiger partial charge is 0.196 e. The fraction of sp³-hybridized carbons (Fsp3) is 0.0625. The molecular weight excluding hydrogens is 385 g/mol. The molecule has 20 heavy (non-hydrogen) atoms. The number of aryl methyl sites for hydroxylation is 1. The highest BCUT2D eigenvalue weighted by molar-refractivity contribution is 14.1. The van der Waals surface area contributed by atoms with Gasteiger partial charge >= 0.3 is 0 Å². The third-order valence-electron chi connectivity index (χ3n) is 3.34. The van der Waals surface area contributed by atoms with E-state index in [0.717, 1.165) is 20.0 Å². The zero-order valence-corrected chi connectivity index (χ0v) is 13.6. The van der Waals surface area contributed by atoms with Crippen LogP contribution in [0.2, 0.25) is 5.02 Å². The van der Waals surface area contributed by atoms with Gasteiger partial charge in [0.05, 0.1) is 5.02 Å². The SMILES string of the molecule is Cc1cccc(C(=O)c2c[nH]c3cccc(Cl)c23)c1I. The fourth-order valence-electron chi connectivity index (χ4n) is 2.29. The van der Waals surface area contributed by atoms with Crippen LogP contribution >= 0.6 is 34.2 Å². The minimum atomic E-state index is -0.00236. The van der Waals surface area contributed by atoms with Crippen molar-refractivity contribution in [1.82, 2.24) is 4.98 Å². The molecule has 1 heterocycles. The van der Waals surface area contributed by atoms with E-state index in [1.54, 1.807) is 12.3 Å². The van der Waals surface area contributed by atoms with Crippen molar-refractivity contribution in [1.29, 1.82) is 0 Å². The van der Waals surface area contributed by atoms with Crippen molar-refractivity contribution in [2.24, 2.45) is 0 Å². The van der Waals surface area contributed by atoms with Gasteiger partial charge in [-0.25, -0.2) is 0 Å². The van der Waals surface area contributed by atoms with Crippen LogP contribution < -0.4 is 0 Å². The van der Waals surface area contributed by atoms with E-state index in [1.807, 2.05) is 37.3 Å². The summed E-state index contributed by atoms with van der Waals surface area (Å²) in [5.74, 6) is -0.00236. The van der Waals surface area contributed by atoms with Crippen molar-refractivity contribution < 1.29 is 4.79 Å². The zero-order chi connectivity index (χ0) is 14.3. The van der Waals surface area contributed by atoms with E-state index in [4.69, 9.17) is 11.6 Å². The summed E-state index contributed by atoms with van der Waals surface area (Å²) >= 11 is 8.45.